The van der Waals surface area contributed by atoms with Gasteiger partial charge in [0.05, 0.1) is 16.6 Å². The lowest BCUT2D eigenvalue weighted by Crippen LogP contribution is -2.33. The third kappa shape index (κ3) is 2.17. The lowest BCUT2D eigenvalue weighted by Gasteiger charge is -2.04. The SMILES string of the molecule is c1ccc(-n2c3[n+](c4c2c2cccnc2n4-c2ccccc2)Cc2ncccc2-3)cc1. The van der Waals surface area contributed by atoms with E-state index in [4.69, 9.17) is 4.98 Å². The van der Waals surface area contributed by atoms with Crippen molar-refractivity contribution >= 4 is 22.2 Å². The highest BCUT2D eigenvalue weighted by Crippen LogP contribution is 2.38. The molecule has 0 aliphatic carbocycles. The number of fused-ring (bicyclic) bond motifs is 7. The fourth-order valence-electron chi connectivity index (χ4n) is 4.87. The Morgan fingerprint density at radius 2 is 1.35 bits per heavy atom. The second kappa shape index (κ2) is 6.12. The van der Waals surface area contributed by atoms with Gasteiger partial charge in [-0.3, -0.25) is 4.98 Å². The van der Waals surface area contributed by atoms with Crippen molar-refractivity contribution in [1.29, 1.82) is 0 Å². The Balaban J connectivity index is 1.73. The number of benzene rings is 2. The van der Waals surface area contributed by atoms with Crippen LogP contribution in [0.4, 0.5) is 0 Å². The molecule has 4 aromatic heterocycles. The lowest BCUT2D eigenvalue weighted by atomic mass is 10.2. The second-order valence-corrected chi connectivity index (χ2v) is 7.80. The summed E-state index contributed by atoms with van der Waals surface area (Å²) in [6.45, 7) is 0.741. The zero-order valence-corrected chi connectivity index (χ0v) is 16.7. The van der Waals surface area contributed by atoms with E-state index in [1.54, 1.807) is 0 Å². The molecule has 0 spiro atoms. The third-order valence-electron chi connectivity index (χ3n) is 6.09. The molecule has 5 heterocycles. The molecule has 7 rings (SSSR count). The van der Waals surface area contributed by atoms with Gasteiger partial charge in [-0.1, -0.05) is 36.4 Å². The predicted molar refractivity (Wildman–Crippen MR) is 120 cm³/mol. The van der Waals surface area contributed by atoms with E-state index in [9.17, 15) is 0 Å². The van der Waals surface area contributed by atoms with Crippen LogP contribution in [0.5, 0.6) is 0 Å². The Hall–Kier alpha value is -4.25. The van der Waals surface area contributed by atoms with Gasteiger partial charge in [-0.2, -0.15) is 0 Å². The van der Waals surface area contributed by atoms with E-state index in [-0.39, 0.29) is 0 Å². The monoisotopic (exact) mass is 400 g/mol. The summed E-state index contributed by atoms with van der Waals surface area (Å²) in [6, 6.07) is 29.4. The Morgan fingerprint density at radius 3 is 2.13 bits per heavy atom. The Labute approximate surface area is 178 Å². The minimum Gasteiger partial charge on any atom is -0.257 e. The maximum absolute atomic E-state index is 4.80. The standard InChI is InChI=1S/C26H18N5/c1-3-9-18(10-4-1)30-23-21-14-8-16-28-24(21)31(19-11-5-2-6-12-19)26(23)29-17-22-20(25(29)30)13-7-15-27-22/h1-16H,17H2/q+1. The van der Waals surface area contributed by atoms with E-state index in [2.05, 4.69) is 85.4 Å². The molecule has 0 saturated carbocycles. The molecule has 5 heteroatoms. The Bertz CT molecular complexity index is 1590. The first-order valence-corrected chi connectivity index (χ1v) is 10.4. The highest BCUT2D eigenvalue weighted by molar-refractivity contribution is 6.05. The number of imidazole rings is 1. The van der Waals surface area contributed by atoms with Crippen LogP contribution in [0.3, 0.4) is 0 Å². The number of hydrogen-bond donors (Lipinski definition) is 0. The van der Waals surface area contributed by atoms with Gasteiger partial charge in [0.25, 0.3) is 5.65 Å². The average molecular weight is 400 g/mol. The van der Waals surface area contributed by atoms with E-state index in [0.29, 0.717) is 0 Å². The summed E-state index contributed by atoms with van der Waals surface area (Å²) < 4.78 is 7.03. The number of nitrogens with zero attached hydrogens (tertiary/aromatic N) is 5. The first-order chi connectivity index (χ1) is 15.4. The van der Waals surface area contributed by atoms with E-state index in [1.165, 1.54) is 11.1 Å². The van der Waals surface area contributed by atoms with E-state index >= 15 is 0 Å². The van der Waals surface area contributed by atoms with Crippen LogP contribution in [0.25, 0.3) is 45.0 Å². The number of rotatable bonds is 2. The highest BCUT2D eigenvalue weighted by atomic mass is 15.3. The molecule has 0 N–H and O–H groups in total. The summed E-state index contributed by atoms with van der Waals surface area (Å²) >= 11 is 0. The van der Waals surface area contributed by atoms with Crippen molar-refractivity contribution in [3.05, 3.63) is 103 Å². The second-order valence-electron chi connectivity index (χ2n) is 7.80. The van der Waals surface area contributed by atoms with Crippen LogP contribution >= 0.6 is 0 Å². The number of aromatic nitrogens is 5. The molecule has 0 radical (unpaired) electrons. The number of para-hydroxylation sites is 2. The first kappa shape index (κ1) is 16.5. The summed E-state index contributed by atoms with van der Waals surface area (Å²) in [7, 11) is 0. The van der Waals surface area contributed by atoms with Gasteiger partial charge in [-0.25, -0.2) is 18.7 Å². The smallest absolute Gasteiger partial charge is 0.257 e. The fourth-order valence-corrected chi connectivity index (χ4v) is 4.87. The minimum absolute atomic E-state index is 0.741. The summed E-state index contributed by atoms with van der Waals surface area (Å²) in [6.07, 6.45) is 3.75. The maximum Gasteiger partial charge on any atom is 0.276 e. The van der Waals surface area contributed by atoms with Crippen LogP contribution in [0.15, 0.2) is 97.3 Å². The zero-order valence-electron chi connectivity index (χ0n) is 16.7. The van der Waals surface area contributed by atoms with E-state index < -0.39 is 0 Å². The molecular formula is C26H18N5+. The molecule has 0 bridgehead atoms. The van der Waals surface area contributed by atoms with Gasteiger partial charge in [-0.05, 0) is 48.5 Å². The van der Waals surface area contributed by atoms with E-state index in [1.807, 2.05) is 30.6 Å². The molecule has 1 aliphatic heterocycles. The summed E-state index contributed by atoms with van der Waals surface area (Å²) in [5.74, 6) is 1.16. The van der Waals surface area contributed by atoms with Gasteiger partial charge >= 0.3 is 0 Å². The van der Waals surface area contributed by atoms with Crippen molar-refractivity contribution in [2.45, 2.75) is 6.54 Å². The molecule has 31 heavy (non-hydrogen) atoms. The molecule has 0 saturated heterocycles. The molecule has 1 aliphatic rings. The molecule has 0 amide bonds. The average Bonchev–Trinajstić information content (AvgIpc) is 3.47. The first-order valence-electron chi connectivity index (χ1n) is 10.4. The van der Waals surface area contributed by atoms with Gasteiger partial charge in [0, 0.05) is 12.4 Å². The third-order valence-corrected chi connectivity index (χ3v) is 6.09. The van der Waals surface area contributed by atoms with Crippen molar-refractivity contribution < 1.29 is 4.57 Å². The van der Waals surface area contributed by atoms with Crippen LogP contribution in [0, 0.1) is 0 Å². The molecule has 146 valence electrons. The molecule has 6 aromatic rings. The lowest BCUT2D eigenvalue weighted by molar-refractivity contribution is -0.648. The van der Waals surface area contributed by atoms with Crippen LogP contribution in [-0.2, 0) is 6.54 Å². The molecule has 0 fully saturated rings. The summed E-state index contributed by atoms with van der Waals surface area (Å²) in [4.78, 5) is 9.48. The van der Waals surface area contributed by atoms with Crippen LogP contribution in [0.1, 0.15) is 5.69 Å². The van der Waals surface area contributed by atoms with Gasteiger partial charge in [0.2, 0.25) is 11.5 Å². The van der Waals surface area contributed by atoms with Gasteiger partial charge in [0.1, 0.15) is 17.9 Å². The fraction of sp³-hybridized carbons (Fsp3) is 0.0385. The molecular weight excluding hydrogens is 382 g/mol. The van der Waals surface area contributed by atoms with Crippen molar-refractivity contribution in [3.63, 3.8) is 0 Å². The molecule has 0 unspecified atom stereocenters. The quantitative estimate of drug-likeness (QED) is 0.395. The van der Waals surface area contributed by atoms with Crippen molar-refractivity contribution in [2.24, 2.45) is 0 Å². The van der Waals surface area contributed by atoms with Crippen LogP contribution < -0.4 is 4.57 Å². The Kier molecular flexibility index (Phi) is 3.27. The van der Waals surface area contributed by atoms with E-state index in [0.717, 1.165) is 46.1 Å². The van der Waals surface area contributed by atoms with Gasteiger partial charge < -0.3 is 0 Å². The Morgan fingerprint density at radius 1 is 0.677 bits per heavy atom. The number of pyridine rings is 2. The molecule has 2 aromatic carbocycles. The predicted octanol–water partition coefficient (Wildman–Crippen LogP) is 4.68. The molecule has 5 nitrogen and oxygen atoms in total. The highest BCUT2D eigenvalue weighted by Gasteiger charge is 2.38. The van der Waals surface area contributed by atoms with Crippen molar-refractivity contribution in [2.75, 3.05) is 0 Å². The topological polar surface area (TPSA) is 39.5 Å². The van der Waals surface area contributed by atoms with Crippen LogP contribution in [-0.4, -0.2) is 19.1 Å². The summed E-state index contributed by atoms with van der Waals surface area (Å²) in [5.41, 5.74) is 7.78. The minimum atomic E-state index is 0.741. The normalized spacial score (nSPS) is 12.4. The van der Waals surface area contributed by atoms with Gasteiger partial charge in [-0.15, -0.1) is 0 Å². The summed E-state index contributed by atoms with van der Waals surface area (Å²) in [5, 5.41) is 1.14. The molecule has 0 atom stereocenters. The van der Waals surface area contributed by atoms with Crippen molar-refractivity contribution in [3.8, 4) is 22.8 Å². The maximum atomic E-state index is 4.80. The largest absolute Gasteiger partial charge is 0.276 e. The van der Waals surface area contributed by atoms with Crippen LogP contribution in [0.2, 0.25) is 0 Å². The van der Waals surface area contributed by atoms with Crippen molar-refractivity contribution in [1.82, 2.24) is 19.1 Å². The zero-order chi connectivity index (χ0) is 20.4. The van der Waals surface area contributed by atoms with Gasteiger partial charge in [0.15, 0.2) is 5.52 Å². The number of hydrogen-bond acceptors (Lipinski definition) is 2.